The highest BCUT2D eigenvalue weighted by Crippen LogP contribution is 2.23. The Bertz CT molecular complexity index is 661. The van der Waals surface area contributed by atoms with E-state index in [9.17, 15) is 8.42 Å². The van der Waals surface area contributed by atoms with E-state index in [0.29, 0.717) is 10.2 Å². The Morgan fingerprint density at radius 3 is 2.53 bits per heavy atom. The summed E-state index contributed by atoms with van der Waals surface area (Å²) in [5, 5.41) is 2.28. The van der Waals surface area contributed by atoms with Crippen molar-refractivity contribution in [1.82, 2.24) is 4.72 Å². The Kier molecular flexibility index (Phi) is 4.60. The molecule has 3 nitrogen and oxygen atoms in total. The fourth-order valence-electron chi connectivity index (χ4n) is 1.94. The van der Waals surface area contributed by atoms with Gasteiger partial charge in [0, 0.05) is 16.8 Å². The second-order valence-electron chi connectivity index (χ2n) is 4.36. The van der Waals surface area contributed by atoms with Crippen LogP contribution in [0.5, 0.6) is 0 Å². The summed E-state index contributed by atoms with van der Waals surface area (Å²) in [6.07, 6.45) is 0.745. The Morgan fingerprint density at radius 1 is 1.16 bits per heavy atom. The molecule has 0 bridgehead atoms. The third-order valence-corrected chi connectivity index (χ3v) is 5.40. The summed E-state index contributed by atoms with van der Waals surface area (Å²) in [5.74, 6) is 0. The Hall–Kier alpha value is -0.910. The first-order valence-electron chi connectivity index (χ1n) is 6.14. The number of hydrogen-bond acceptors (Lipinski definition) is 2. The van der Waals surface area contributed by atoms with Crippen molar-refractivity contribution in [3.63, 3.8) is 0 Å². The lowest BCUT2D eigenvalue weighted by molar-refractivity contribution is 0.560. The molecule has 0 amide bonds. The lowest BCUT2D eigenvalue weighted by Crippen LogP contribution is -2.35. The molecule has 19 heavy (non-hydrogen) atoms. The zero-order valence-corrected chi connectivity index (χ0v) is 13.0. The van der Waals surface area contributed by atoms with Gasteiger partial charge in [-0.2, -0.15) is 0 Å². The molecule has 2 rings (SSSR count). The van der Waals surface area contributed by atoms with Crippen molar-refractivity contribution in [2.45, 2.75) is 24.3 Å². The minimum absolute atomic E-state index is 0.0935. The Balaban J connectivity index is 2.49. The van der Waals surface area contributed by atoms with E-state index < -0.39 is 10.0 Å². The molecule has 0 aliphatic rings. The summed E-state index contributed by atoms with van der Waals surface area (Å²) in [7, 11) is -3.49. The average molecular weight is 342 g/mol. The molecule has 0 spiro atoms. The van der Waals surface area contributed by atoms with Crippen LogP contribution >= 0.6 is 15.9 Å². The number of alkyl halides is 1. The number of halogens is 1. The highest BCUT2D eigenvalue weighted by Gasteiger charge is 2.20. The zero-order valence-electron chi connectivity index (χ0n) is 10.6. The van der Waals surface area contributed by atoms with E-state index in [2.05, 4.69) is 20.7 Å². The van der Waals surface area contributed by atoms with Gasteiger partial charge in [-0.3, -0.25) is 0 Å². The minimum Gasteiger partial charge on any atom is -0.207 e. The number of sulfonamides is 1. The maximum Gasteiger partial charge on any atom is 0.241 e. The highest BCUT2D eigenvalue weighted by molar-refractivity contribution is 9.09. The molecule has 1 N–H and O–H groups in total. The number of rotatable bonds is 5. The van der Waals surface area contributed by atoms with Gasteiger partial charge in [-0.1, -0.05) is 59.3 Å². The molecule has 0 aliphatic heterocycles. The lowest BCUT2D eigenvalue weighted by atomic mass is 10.1. The van der Waals surface area contributed by atoms with Crippen molar-refractivity contribution in [1.29, 1.82) is 0 Å². The minimum atomic E-state index is -3.49. The van der Waals surface area contributed by atoms with Crippen LogP contribution < -0.4 is 4.72 Å². The highest BCUT2D eigenvalue weighted by atomic mass is 79.9. The van der Waals surface area contributed by atoms with Crippen LogP contribution in [0.15, 0.2) is 47.4 Å². The van der Waals surface area contributed by atoms with Gasteiger partial charge in [0.05, 0.1) is 4.90 Å². The van der Waals surface area contributed by atoms with Crippen molar-refractivity contribution in [2.24, 2.45) is 0 Å². The summed E-state index contributed by atoms with van der Waals surface area (Å²) in [6.45, 7) is 1.96. The van der Waals surface area contributed by atoms with Crippen LogP contribution in [-0.2, 0) is 10.0 Å². The molecule has 0 radical (unpaired) electrons. The quantitative estimate of drug-likeness (QED) is 0.848. The van der Waals surface area contributed by atoms with Crippen LogP contribution in [0.25, 0.3) is 10.8 Å². The van der Waals surface area contributed by atoms with Gasteiger partial charge in [-0.15, -0.1) is 0 Å². The third-order valence-electron chi connectivity index (χ3n) is 3.04. The molecule has 0 heterocycles. The van der Waals surface area contributed by atoms with Crippen LogP contribution in [0.3, 0.4) is 0 Å². The van der Waals surface area contributed by atoms with Crippen LogP contribution in [0.1, 0.15) is 13.3 Å². The Morgan fingerprint density at radius 2 is 1.84 bits per heavy atom. The third kappa shape index (κ3) is 3.16. The predicted molar refractivity (Wildman–Crippen MR) is 82.1 cm³/mol. The molecule has 0 saturated carbocycles. The van der Waals surface area contributed by atoms with Crippen LogP contribution in [-0.4, -0.2) is 19.8 Å². The Labute approximate surface area is 122 Å². The number of nitrogens with one attached hydrogen (secondary N) is 1. The maximum atomic E-state index is 12.4. The van der Waals surface area contributed by atoms with Crippen molar-refractivity contribution < 1.29 is 8.42 Å². The lowest BCUT2D eigenvalue weighted by Gasteiger charge is -2.15. The topological polar surface area (TPSA) is 46.2 Å². The molecule has 0 aliphatic carbocycles. The van der Waals surface area contributed by atoms with E-state index in [1.165, 1.54) is 0 Å². The molecular weight excluding hydrogens is 326 g/mol. The first-order valence-corrected chi connectivity index (χ1v) is 8.75. The summed E-state index contributed by atoms with van der Waals surface area (Å²) in [4.78, 5) is 0.338. The molecule has 5 heteroatoms. The van der Waals surface area contributed by atoms with Crippen LogP contribution in [0, 0.1) is 0 Å². The smallest absolute Gasteiger partial charge is 0.207 e. The monoisotopic (exact) mass is 341 g/mol. The van der Waals surface area contributed by atoms with Gasteiger partial charge in [-0.25, -0.2) is 13.1 Å². The van der Waals surface area contributed by atoms with E-state index in [0.717, 1.165) is 17.2 Å². The van der Waals surface area contributed by atoms with Gasteiger partial charge in [-0.05, 0) is 17.9 Å². The van der Waals surface area contributed by atoms with E-state index in [1.54, 1.807) is 12.1 Å². The molecule has 2 aromatic rings. The zero-order chi connectivity index (χ0) is 13.9. The normalized spacial score (nSPS) is 13.6. The SMILES string of the molecule is CCC(CBr)NS(=O)(=O)c1cccc2ccccc12. The van der Waals surface area contributed by atoms with Gasteiger partial charge in [0.25, 0.3) is 0 Å². The molecule has 1 atom stereocenters. The van der Waals surface area contributed by atoms with Crippen molar-refractivity contribution in [2.75, 3.05) is 5.33 Å². The van der Waals surface area contributed by atoms with Crippen molar-refractivity contribution in [3.8, 4) is 0 Å². The summed E-state index contributed by atoms with van der Waals surface area (Å²) in [5.41, 5.74) is 0. The number of hydrogen-bond donors (Lipinski definition) is 1. The molecule has 0 saturated heterocycles. The molecule has 1 unspecified atom stereocenters. The fraction of sp³-hybridized carbons (Fsp3) is 0.286. The fourth-order valence-corrected chi connectivity index (χ4v) is 4.32. The van der Waals surface area contributed by atoms with E-state index in [1.807, 2.05) is 37.3 Å². The average Bonchev–Trinajstić information content (AvgIpc) is 2.44. The number of benzene rings is 2. The van der Waals surface area contributed by atoms with E-state index in [4.69, 9.17) is 0 Å². The predicted octanol–water partition coefficient (Wildman–Crippen LogP) is 3.29. The molecule has 0 fully saturated rings. The maximum absolute atomic E-state index is 12.4. The first kappa shape index (κ1) is 14.5. The summed E-state index contributed by atoms with van der Waals surface area (Å²) in [6, 6.07) is 12.7. The van der Waals surface area contributed by atoms with Gasteiger partial charge >= 0.3 is 0 Å². The summed E-state index contributed by atoms with van der Waals surface area (Å²) < 4.78 is 27.6. The van der Waals surface area contributed by atoms with Gasteiger partial charge in [0.2, 0.25) is 10.0 Å². The van der Waals surface area contributed by atoms with E-state index >= 15 is 0 Å². The number of fused-ring (bicyclic) bond motifs is 1. The molecule has 102 valence electrons. The second-order valence-corrected chi connectivity index (χ2v) is 6.69. The van der Waals surface area contributed by atoms with Gasteiger partial charge in [0.1, 0.15) is 0 Å². The van der Waals surface area contributed by atoms with Crippen molar-refractivity contribution in [3.05, 3.63) is 42.5 Å². The van der Waals surface area contributed by atoms with Gasteiger partial charge in [0.15, 0.2) is 0 Å². The molecule has 2 aromatic carbocycles. The standard InChI is InChI=1S/C14H16BrNO2S/c1-2-12(10-15)16-19(17,18)14-9-5-7-11-6-3-4-8-13(11)14/h3-9,12,16H,2,10H2,1H3. The molecule has 0 aromatic heterocycles. The van der Waals surface area contributed by atoms with Crippen LogP contribution in [0.4, 0.5) is 0 Å². The van der Waals surface area contributed by atoms with Crippen molar-refractivity contribution >= 4 is 36.7 Å². The second kappa shape index (κ2) is 6.03. The first-order chi connectivity index (χ1) is 9.08. The summed E-state index contributed by atoms with van der Waals surface area (Å²) >= 11 is 3.32. The molecular formula is C14H16BrNO2S. The largest absolute Gasteiger partial charge is 0.241 e. The van der Waals surface area contributed by atoms with Gasteiger partial charge < -0.3 is 0 Å². The van der Waals surface area contributed by atoms with E-state index in [-0.39, 0.29) is 6.04 Å². The van der Waals surface area contributed by atoms with Crippen LogP contribution in [0.2, 0.25) is 0 Å².